The van der Waals surface area contributed by atoms with Crippen LogP contribution in [0.5, 0.6) is 0 Å². The summed E-state index contributed by atoms with van der Waals surface area (Å²) in [6.07, 6.45) is 7.68. The Morgan fingerprint density at radius 2 is 1.95 bits per heavy atom. The van der Waals surface area contributed by atoms with Gasteiger partial charge in [-0.05, 0) is 31.6 Å². The normalized spacial score (nSPS) is 23.5. The first kappa shape index (κ1) is 12.3. The molecule has 1 N–H and O–H groups in total. The lowest BCUT2D eigenvalue weighted by Gasteiger charge is -2.27. The van der Waals surface area contributed by atoms with Crippen molar-refractivity contribution in [2.24, 2.45) is 5.92 Å². The van der Waals surface area contributed by atoms with E-state index in [1.54, 1.807) is 0 Å². The molecule has 0 radical (unpaired) electrons. The predicted octanol–water partition coefficient (Wildman–Crippen LogP) is 3.15. The maximum absolute atomic E-state index is 13.3. The molecular weight excluding hydrogens is 243 g/mol. The number of nitrogens with one attached hydrogen (secondary N) is 1. The number of halogens is 1. The van der Waals surface area contributed by atoms with Gasteiger partial charge in [-0.2, -0.15) is 4.39 Å². The average molecular weight is 260 g/mol. The second-order valence-electron chi connectivity index (χ2n) is 5.35. The van der Waals surface area contributed by atoms with Crippen LogP contribution in [0.1, 0.15) is 32.6 Å². The number of fused-ring (bicyclic) bond motifs is 1. The van der Waals surface area contributed by atoms with Gasteiger partial charge in [0, 0.05) is 17.5 Å². The van der Waals surface area contributed by atoms with Gasteiger partial charge in [0.15, 0.2) is 0 Å². The third kappa shape index (κ3) is 2.64. The lowest BCUT2D eigenvalue weighted by molar-refractivity contribution is 0.361. The fourth-order valence-electron chi connectivity index (χ4n) is 2.65. The molecule has 0 atom stereocenters. The summed E-state index contributed by atoms with van der Waals surface area (Å²) in [4.78, 5) is 12.0. The molecule has 2 aromatic rings. The van der Waals surface area contributed by atoms with Crippen LogP contribution in [0.3, 0.4) is 0 Å². The monoisotopic (exact) mass is 260 g/mol. The summed E-state index contributed by atoms with van der Waals surface area (Å²) >= 11 is 0. The number of pyridine rings is 1. The maximum Gasteiger partial charge on any atom is 0.213 e. The molecule has 0 aromatic carbocycles. The third-order valence-corrected chi connectivity index (χ3v) is 3.85. The Hall–Kier alpha value is -1.78. The SMILES string of the molecule is C[C@H]1CC[C@H](Nc2ncnc3cnc(F)cc23)CC1. The molecule has 19 heavy (non-hydrogen) atoms. The van der Waals surface area contributed by atoms with Gasteiger partial charge < -0.3 is 5.32 Å². The molecule has 0 unspecified atom stereocenters. The number of anilines is 1. The van der Waals surface area contributed by atoms with Crippen molar-refractivity contribution in [3.8, 4) is 0 Å². The molecule has 0 aliphatic heterocycles. The van der Waals surface area contributed by atoms with E-state index in [1.165, 1.54) is 31.4 Å². The molecule has 4 nitrogen and oxygen atoms in total. The first-order chi connectivity index (χ1) is 9.22. The Bertz CT molecular complexity index is 579. The van der Waals surface area contributed by atoms with Crippen molar-refractivity contribution in [3.05, 3.63) is 24.5 Å². The van der Waals surface area contributed by atoms with Gasteiger partial charge in [-0.3, -0.25) is 0 Å². The van der Waals surface area contributed by atoms with Crippen molar-refractivity contribution >= 4 is 16.7 Å². The van der Waals surface area contributed by atoms with E-state index in [9.17, 15) is 4.39 Å². The highest BCUT2D eigenvalue weighted by Crippen LogP contribution is 2.27. The quantitative estimate of drug-likeness (QED) is 0.843. The lowest BCUT2D eigenvalue weighted by Crippen LogP contribution is -2.25. The maximum atomic E-state index is 13.3. The molecule has 0 spiro atoms. The summed E-state index contributed by atoms with van der Waals surface area (Å²) in [5.41, 5.74) is 0.670. The van der Waals surface area contributed by atoms with Crippen molar-refractivity contribution < 1.29 is 4.39 Å². The van der Waals surface area contributed by atoms with Crippen LogP contribution in [0.2, 0.25) is 0 Å². The Balaban J connectivity index is 1.86. The molecule has 0 bridgehead atoms. The Morgan fingerprint density at radius 1 is 1.16 bits per heavy atom. The number of rotatable bonds is 2. The summed E-state index contributed by atoms with van der Waals surface area (Å²) in [5.74, 6) is 1.02. The van der Waals surface area contributed by atoms with Crippen LogP contribution in [0, 0.1) is 11.9 Å². The zero-order chi connectivity index (χ0) is 13.2. The molecule has 0 amide bonds. The largest absolute Gasteiger partial charge is 0.367 e. The van der Waals surface area contributed by atoms with Crippen LogP contribution in [0.25, 0.3) is 10.9 Å². The molecule has 1 aliphatic carbocycles. The van der Waals surface area contributed by atoms with Gasteiger partial charge >= 0.3 is 0 Å². The molecular formula is C14H17FN4. The number of aromatic nitrogens is 3. The Morgan fingerprint density at radius 3 is 2.74 bits per heavy atom. The van der Waals surface area contributed by atoms with Crippen molar-refractivity contribution in [3.63, 3.8) is 0 Å². The Kier molecular flexibility index (Phi) is 3.27. The lowest BCUT2D eigenvalue weighted by atomic mass is 9.87. The predicted molar refractivity (Wildman–Crippen MR) is 72.3 cm³/mol. The van der Waals surface area contributed by atoms with E-state index in [4.69, 9.17) is 0 Å². The van der Waals surface area contributed by atoms with Crippen molar-refractivity contribution in [1.82, 2.24) is 15.0 Å². The number of nitrogens with zero attached hydrogens (tertiary/aromatic N) is 3. The van der Waals surface area contributed by atoms with Crippen molar-refractivity contribution in [2.45, 2.75) is 38.6 Å². The number of hydrogen-bond donors (Lipinski definition) is 1. The van der Waals surface area contributed by atoms with Gasteiger partial charge in [0.25, 0.3) is 0 Å². The second-order valence-corrected chi connectivity index (χ2v) is 5.35. The molecule has 3 rings (SSSR count). The van der Waals surface area contributed by atoms with Gasteiger partial charge in [-0.25, -0.2) is 15.0 Å². The summed E-state index contributed by atoms with van der Waals surface area (Å²) in [6, 6.07) is 1.81. The van der Waals surface area contributed by atoms with Crippen LogP contribution < -0.4 is 5.32 Å². The van der Waals surface area contributed by atoms with Crippen molar-refractivity contribution in [1.29, 1.82) is 0 Å². The molecule has 1 aliphatic rings. The number of hydrogen-bond acceptors (Lipinski definition) is 4. The standard InChI is InChI=1S/C14H17FN4/c1-9-2-4-10(5-3-9)19-14-11-6-13(15)16-7-12(11)17-8-18-14/h6-10H,2-5H2,1H3,(H,17,18,19)/t9-,10-. The average Bonchev–Trinajstić information content (AvgIpc) is 2.42. The summed E-state index contributed by atoms with van der Waals surface area (Å²) in [7, 11) is 0. The van der Waals surface area contributed by atoms with Crippen LogP contribution in [0.15, 0.2) is 18.6 Å². The molecule has 100 valence electrons. The fraction of sp³-hybridized carbons (Fsp3) is 0.500. The van der Waals surface area contributed by atoms with Gasteiger partial charge in [-0.1, -0.05) is 6.92 Å². The van der Waals surface area contributed by atoms with E-state index in [0.717, 1.165) is 18.8 Å². The minimum Gasteiger partial charge on any atom is -0.367 e. The van der Waals surface area contributed by atoms with Gasteiger partial charge in [0.1, 0.15) is 12.1 Å². The molecule has 2 aromatic heterocycles. The zero-order valence-electron chi connectivity index (χ0n) is 10.9. The van der Waals surface area contributed by atoms with Crippen LogP contribution in [-0.2, 0) is 0 Å². The molecule has 0 saturated heterocycles. The molecule has 5 heteroatoms. The summed E-state index contributed by atoms with van der Waals surface area (Å²) in [6.45, 7) is 2.29. The third-order valence-electron chi connectivity index (χ3n) is 3.85. The minimum absolute atomic E-state index is 0.422. The van der Waals surface area contributed by atoms with E-state index < -0.39 is 5.95 Å². The van der Waals surface area contributed by atoms with E-state index in [-0.39, 0.29) is 0 Å². The highest BCUT2D eigenvalue weighted by atomic mass is 19.1. The highest BCUT2D eigenvalue weighted by Gasteiger charge is 2.19. The smallest absolute Gasteiger partial charge is 0.213 e. The van der Waals surface area contributed by atoms with Gasteiger partial charge in [-0.15, -0.1) is 0 Å². The molecule has 2 heterocycles. The van der Waals surface area contributed by atoms with Gasteiger partial charge in [0.2, 0.25) is 5.95 Å². The van der Waals surface area contributed by atoms with Crippen LogP contribution in [0.4, 0.5) is 10.2 Å². The van der Waals surface area contributed by atoms with Crippen LogP contribution in [-0.4, -0.2) is 21.0 Å². The molecule has 1 fully saturated rings. The van der Waals surface area contributed by atoms with Gasteiger partial charge in [0.05, 0.1) is 11.7 Å². The molecule has 1 saturated carbocycles. The van der Waals surface area contributed by atoms with Crippen molar-refractivity contribution in [2.75, 3.05) is 5.32 Å². The first-order valence-corrected chi connectivity index (χ1v) is 6.75. The van der Waals surface area contributed by atoms with E-state index in [0.29, 0.717) is 22.8 Å². The summed E-state index contributed by atoms with van der Waals surface area (Å²) in [5, 5.41) is 4.13. The van der Waals surface area contributed by atoms with Crippen LogP contribution >= 0.6 is 0 Å². The van der Waals surface area contributed by atoms with E-state index in [2.05, 4.69) is 27.2 Å². The topological polar surface area (TPSA) is 50.7 Å². The minimum atomic E-state index is -0.498. The van der Waals surface area contributed by atoms with E-state index >= 15 is 0 Å². The summed E-state index contributed by atoms with van der Waals surface area (Å²) < 4.78 is 13.3. The first-order valence-electron chi connectivity index (χ1n) is 6.75. The second kappa shape index (κ2) is 5.07. The van der Waals surface area contributed by atoms with E-state index in [1.807, 2.05) is 0 Å². The highest BCUT2D eigenvalue weighted by molar-refractivity contribution is 5.88. The fourth-order valence-corrected chi connectivity index (χ4v) is 2.65. The Labute approximate surface area is 111 Å². The zero-order valence-corrected chi connectivity index (χ0v) is 10.9.